The summed E-state index contributed by atoms with van der Waals surface area (Å²) >= 11 is 0. The largest absolute Gasteiger partial charge is 0.469 e. The molecule has 1 fully saturated rings. The van der Waals surface area contributed by atoms with Crippen LogP contribution in [0.15, 0.2) is 30.3 Å². The standard InChI is InChI=1S/C18H25N3O4/c1-13(17(23)25-2)10-21(11-14-6-4-3-5-7-14)12-16(22)20-18(24)19-15-8-9-15/h3-7,13,15H,8-12H2,1-2H3,(H2,19,20,22,24). The van der Waals surface area contributed by atoms with E-state index in [0.29, 0.717) is 13.1 Å². The van der Waals surface area contributed by atoms with E-state index in [1.165, 1.54) is 7.11 Å². The molecule has 1 aliphatic carbocycles. The molecule has 7 nitrogen and oxygen atoms in total. The Kier molecular flexibility index (Phi) is 6.94. The van der Waals surface area contributed by atoms with Gasteiger partial charge in [0.1, 0.15) is 0 Å². The van der Waals surface area contributed by atoms with Gasteiger partial charge in [-0.1, -0.05) is 37.3 Å². The lowest BCUT2D eigenvalue weighted by molar-refractivity contribution is -0.145. The first-order valence-electron chi connectivity index (χ1n) is 8.42. The lowest BCUT2D eigenvalue weighted by Crippen LogP contribution is -2.46. The Hall–Kier alpha value is -2.41. The van der Waals surface area contributed by atoms with E-state index >= 15 is 0 Å². The molecule has 1 unspecified atom stereocenters. The fourth-order valence-corrected chi connectivity index (χ4v) is 2.51. The van der Waals surface area contributed by atoms with E-state index in [1.807, 2.05) is 35.2 Å². The topological polar surface area (TPSA) is 87.7 Å². The first-order valence-corrected chi connectivity index (χ1v) is 8.42. The molecular weight excluding hydrogens is 322 g/mol. The average Bonchev–Trinajstić information content (AvgIpc) is 3.38. The van der Waals surface area contributed by atoms with Crippen molar-refractivity contribution >= 4 is 17.9 Å². The maximum atomic E-state index is 12.1. The molecule has 3 amide bonds. The number of urea groups is 1. The number of ether oxygens (including phenoxy) is 1. The smallest absolute Gasteiger partial charge is 0.321 e. The predicted octanol–water partition coefficient (Wildman–Crippen LogP) is 1.29. The van der Waals surface area contributed by atoms with Gasteiger partial charge in [0.05, 0.1) is 19.6 Å². The minimum absolute atomic E-state index is 0.0221. The zero-order valence-electron chi connectivity index (χ0n) is 14.7. The Balaban J connectivity index is 1.93. The Morgan fingerprint density at radius 1 is 1.24 bits per heavy atom. The van der Waals surface area contributed by atoms with E-state index < -0.39 is 11.9 Å². The molecule has 0 heterocycles. The Morgan fingerprint density at radius 2 is 1.92 bits per heavy atom. The number of nitrogens with zero attached hydrogens (tertiary/aromatic N) is 1. The number of hydrogen-bond donors (Lipinski definition) is 2. The molecule has 1 aliphatic rings. The highest BCUT2D eigenvalue weighted by Gasteiger charge is 2.25. The SMILES string of the molecule is COC(=O)C(C)CN(CC(=O)NC(=O)NC1CC1)Cc1ccccc1. The second kappa shape index (κ2) is 9.17. The molecule has 1 aromatic rings. The third kappa shape index (κ3) is 6.93. The van der Waals surface area contributed by atoms with Crippen molar-refractivity contribution in [3.8, 4) is 0 Å². The third-order valence-electron chi connectivity index (χ3n) is 3.92. The minimum Gasteiger partial charge on any atom is -0.469 e. The van der Waals surface area contributed by atoms with Gasteiger partial charge in [0.15, 0.2) is 0 Å². The van der Waals surface area contributed by atoms with E-state index in [-0.39, 0.29) is 24.5 Å². The van der Waals surface area contributed by atoms with Crippen LogP contribution in [0, 0.1) is 5.92 Å². The van der Waals surface area contributed by atoms with Crippen LogP contribution in [0.4, 0.5) is 4.79 Å². The van der Waals surface area contributed by atoms with Gasteiger partial charge in [-0.3, -0.25) is 19.8 Å². The van der Waals surface area contributed by atoms with Crippen LogP contribution in [0.5, 0.6) is 0 Å². The summed E-state index contributed by atoms with van der Waals surface area (Å²) in [5, 5.41) is 5.05. The molecule has 1 atom stereocenters. The van der Waals surface area contributed by atoms with Gasteiger partial charge in [-0.2, -0.15) is 0 Å². The highest BCUT2D eigenvalue weighted by Crippen LogP contribution is 2.18. The van der Waals surface area contributed by atoms with Gasteiger partial charge in [-0.25, -0.2) is 4.79 Å². The summed E-state index contributed by atoms with van der Waals surface area (Å²) in [5.74, 6) is -1.10. The van der Waals surface area contributed by atoms with Crippen LogP contribution >= 0.6 is 0 Å². The van der Waals surface area contributed by atoms with Crippen molar-refractivity contribution in [2.75, 3.05) is 20.2 Å². The van der Waals surface area contributed by atoms with Crippen molar-refractivity contribution in [3.05, 3.63) is 35.9 Å². The van der Waals surface area contributed by atoms with Crippen molar-refractivity contribution < 1.29 is 19.1 Å². The molecule has 1 saturated carbocycles. The molecule has 0 saturated heterocycles. The minimum atomic E-state index is -0.465. The maximum absolute atomic E-state index is 12.1. The number of carbonyl (C=O) groups excluding carboxylic acids is 3. The molecule has 2 rings (SSSR count). The maximum Gasteiger partial charge on any atom is 0.321 e. The van der Waals surface area contributed by atoms with Crippen molar-refractivity contribution in [3.63, 3.8) is 0 Å². The molecule has 7 heteroatoms. The van der Waals surface area contributed by atoms with E-state index in [9.17, 15) is 14.4 Å². The number of rotatable bonds is 8. The van der Waals surface area contributed by atoms with Gasteiger partial charge in [-0.05, 0) is 18.4 Å². The molecule has 0 aliphatic heterocycles. The number of amides is 3. The molecule has 1 aromatic carbocycles. The van der Waals surface area contributed by atoms with E-state index in [1.54, 1.807) is 6.92 Å². The number of nitrogens with one attached hydrogen (secondary N) is 2. The normalized spacial score (nSPS) is 14.7. The van der Waals surface area contributed by atoms with Crippen LogP contribution < -0.4 is 10.6 Å². The van der Waals surface area contributed by atoms with E-state index in [0.717, 1.165) is 18.4 Å². The molecular formula is C18H25N3O4. The molecule has 2 N–H and O–H groups in total. The summed E-state index contributed by atoms with van der Waals surface area (Å²) < 4.78 is 4.75. The van der Waals surface area contributed by atoms with Crippen LogP contribution in [0.25, 0.3) is 0 Å². The van der Waals surface area contributed by atoms with Crippen LogP contribution in [0.3, 0.4) is 0 Å². The van der Waals surface area contributed by atoms with Gasteiger partial charge in [0.2, 0.25) is 5.91 Å². The summed E-state index contributed by atoms with van der Waals surface area (Å²) in [7, 11) is 1.34. The van der Waals surface area contributed by atoms with Crippen molar-refractivity contribution in [2.24, 2.45) is 5.92 Å². The average molecular weight is 347 g/mol. The van der Waals surface area contributed by atoms with Gasteiger partial charge >= 0.3 is 12.0 Å². The lowest BCUT2D eigenvalue weighted by atomic mass is 10.1. The van der Waals surface area contributed by atoms with Gasteiger partial charge in [0.25, 0.3) is 0 Å². The highest BCUT2D eigenvalue weighted by atomic mass is 16.5. The van der Waals surface area contributed by atoms with Crippen LogP contribution in [0.1, 0.15) is 25.3 Å². The van der Waals surface area contributed by atoms with Gasteiger partial charge < -0.3 is 10.1 Å². The zero-order chi connectivity index (χ0) is 18.2. The summed E-state index contributed by atoms with van der Waals surface area (Å²) in [6.45, 7) is 2.63. The molecule has 136 valence electrons. The fourth-order valence-electron chi connectivity index (χ4n) is 2.51. The van der Waals surface area contributed by atoms with Crippen molar-refractivity contribution in [1.82, 2.24) is 15.5 Å². The number of hydrogen-bond acceptors (Lipinski definition) is 5. The highest BCUT2D eigenvalue weighted by molar-refractivity contribution is 5.95. The summed E-state index contributed by atoms with van der Waals surface area (Å²) in [6.07, 6.45) is 1.91. The van der Waals surface area contributed by atoms with Crippen molar-refractivity contribution in [2.45, 2.75) is 32.4 Å². The Labute approximate surface area is 147 Å². The Bertz CT molecular complexity index is 602. The molecule has 0 radical (unpaired) electrons. The monoisotopic (exact) mass is 347 g/mol. The number of esters is 1. The second-order valence-corrected chi connectivity index (χ2v) is 6.38. The van der Waals surface area contributed by atoms with Gasteiger partial charge in [0, 0.05) is 19.1 Å². The molecule has 0 spiro atoms. The van der Waals surface area contributed by atoms with E-state index in [2.05, 4.69) is 10.6 Å². The van der Waals surface area contributed by atoms with Crippen LogP contribution in [-0.4, -0.2) is 49.0 Å². The predicted molar refractivity (Wildman–Crippen MR) is 92.6 cm³/mol. The third-order valence-corrected chi connectivity index (χ3v) is 3.92. The summed E-state index contributed by atoms with van der Waals surface area (Å²) in [5.41, 5.74) is 1.02. The summed E-state index contributed by atoms with van der Waals surface area (Å²) in [6, 6.07) is 9.38. The molecule has 0 aromatic heterocycles. The first kappa shape index (κ1) is 18.9. The quantitative estimate of drug-likeness (QED) is 0.692. The number of carbonyl (C=O) groups is 3. The summed E-state index contributed by atoms with van der Waals surface area (Å²) in [4.78, 5) is 37.3. The zero-order valence-corrected chi connectivity index (χ0v) is 14.7. The molecule has 0 bridgehead atoms. The number of methoxy groups -OCH3 is 1. The number of benzene rings is 1. The Morgan fingerprint density at radius 3 is 2.52 bits per heavy atom. The molecule has 25 heavy (non-hydrogen) atoms. The van der Waals surface area contributed by atoms with Crippen LogP contribution in [0.2, 0.25) is 0 Å². The fraction of sp³-hybridized carbons (Fsp3) is 0.500. The van der Waals surface area contributed by atoms with Crippen LogP contribution in [-0.2, 0) is 20.9 Å². The lowest BCUT2D eigenvalue weighted by Gasteiger charge is -2.24. The second-order valence-electron chi connectivity index (χ2n) is 6.38. The first-order chi connectivity index (χ1) is 12.0. The van der Waals surface area contributed by atoms with E-state index in [4.69, 9.17) is 4.74 Å². The van der Waals surface area contributed by atoms with Gasteiger partial charge in [-0.15, -0.1) is 0 Å². The number of imide groups is 1. The van der Waals surface area contributed by atoms with Crippen molar-refractivity contribution in [1.29, 1.82) is 0 Å².